The molecule has 0 radical (unpaired) electrons. The minimum atomic E-state index is -2.81. The Balaban J connectivity index is 1.21. The fourth-order valence-electron chi connectivity index (χ4n) is 5.95. The molecule has 41 heavy (non-hydrogen) atoms. The number of hydrogen-bond acceptors (Lipinski definition) is 8. The molecule has 13 heteroatoms. The molecule has 4 heterocycles. The molecule has 1 N–H and O–H groups in total. The summed E-state index contributed by atoms with van der Waals surface area (Å²) in [7, 11) is 1.77. The van der Waals surface area contributed by atoms with E-state index in [1.807, 2.05) is 4.90 Å². The molecule has 2 atom stereocenters. The lowest BCUT2D eigenvalue weighted by atomic mass is 9.92. The molecule has 1 aliphatic carbocycles. The third kappa shape index (κ3) is 5.96. The molecular formula is C28H34F3N7O3. The zero-order valence-electron chi connectivity index (χ0n) is 22.9. The number of rotatable bonds is 7. The van der Waals surface area contributed by atoms with E-state index in [-0.39, 0.29) is 36.8 Å². The maximum Gasteiger partial charge on any atom is 0.296 e. The molecule has 2 aliphatic heterocycles. The number of fused-ring (bicyclic) bond motifs is 1. The maximum absolute atomic E-state index is 14.1. The number of likely N-dealkylation sites (tertiary alicyclic amines) is 1. The lowest BCUT2D eigenvalue weighted by Gasteiger charge is -2.31. The SMILES string of the molecule is CN1C[C@@H](F)C[C@H]1C(=O)N[C@H]1CC[C@H](Oc2cc(-n3c(C(F)F)nc4ccccc43)nc(N3CCOCC3)n2)CC1. The lowest BCUT2D eigenvalue weighted by Crippen LogP contribution is -2.47. The molecule has 220 valence electrons. The van der Waals surface area contributed by atoms with Crippen molar-refractivity contribution in [2.75, 3.05) is 44.8 Å². The predicted octanol–water partition coefficient (Wildman–Crippen LogP) is 3.44. The quantitative estimate of drug-likeness (QED) is 0.459. The van der Waals surface area contributed by atoms with Gasteiger partial charge in [-0.25, -0.2) is 18.2 Å². The summed E-state index contributed by atoms with van der Waals surface area (Å²) >= 11 is 0. The van der Waals surface area contributed by atoms with Gasteiger partial charge in [-0.1, -0.05) is 12.1 Å². The highest BCUT2D eigenvalue weighted by molar-refractivity contribution is 5.82. The van der Waals surface area contributed by atoms with Crippen LogP contribution in [-0.4, -0.2) is 94.6 Å². The maximum atomic E-state index is 14.1. The number of morpholine rings is 1. The van der Waals surface area contributed by atoms with E-state index in [2.05, 4.69) is 20.3 Å². The standard InChI is InChI=1S/C28H34F3N7O3/c1-36-16-17(29)14-22(36)27(39)32-18-6-8-19(9-7-18)41-24-15-23(34-28(35-24)37-10-12-40-13-11-37)38-21-5-3-2-4-20(21)33-26(38)25(30)31/h2-5,15,17-19,22,25H,6-14,16H2,1H3,(H,32,39)/t17-,18-,19-,22-/m0/s1. The second-order valence-corrected chi connectivity index (χ2v) is 10.9. The summed E-state index contributed by atoms with van der Waals surface area (Å²) in [4.78, 5) is 29.9. The van der Waals surface area contributed by atoms with E-state index in [1.165, 1.54) is 4.57 Å². The molecule has 2 aromatic heterocycles. The van der Waals surface area contributed by atoms with Gasteiger partial charge < -0.3 is 19.7 Å². The van der Waals surface area contributed by atoms with E-state index in [0.717, 1.165) is 0 Å². The third-order valence-corrected chi connectivity index (χ3v) is 8.09. The number of anilines is 1. The second kappa shape index (κ2) is 11.8. The number of amides is 1. The Morgan fingerprint density at radius 3 is 2.56 bits per heavy atom. The van der Waals surface area contributed by atoms with Crippen LogP contribution in [-0.2, 0) is 9.53 Å². The molecule has 6 rings (SSSR count). The van der Waals surface area contributed by atoms with Crippen molar-refractivity contribution in [2.24, 2.45) is 0 Å². The Morgan fingerprint density at radius 2 is 1.85 bits per heavy atom. The van der Waals surface area contributed by atoms with Crippen LogP contribution >= 0.6 is 0 Å². The van der Waals surface area contributed by atoms with Gasteiger partial charge in [-0.15, -0.1) is 0 Å². The highest BCUT2D eigenvalue weighted by Gasteiger charge is 2.36. The summed E-state index contributed by atoms with van der Waals surface area (Å²) in [5.74, 6) is 0.408. The first-order valence-electron chi connectivity index (χ1n) is 14.1. The summed E-state index contributed by atoms with van der Waals surface area (Å²) in [6, 6.07) is 8.09. The Morgan fingerprint density at radius 1 is 1.10 bits per heavy atom. The van der Waals surface area contributed by atoms with Gasteiger partial charge >= 0.3 is 0 Å². The topological polar surface area (TPSA) is 97.6 Å². The van der Waals surface area contributed by atoms with Gasteiger partial charge in [-0.05, 0) is 44.9 Å². The van der Waals surface area contributed by atoms with Crippen LogP contribution in [0, 0.1) is 0 Å². The largest absolute Gasteiger partial charge is 0.474 e. The first-order chi connectivity index (χ1) is 19.9. The number of aromatic nitrogens is 4. The van der Waals surface area contributed by atoms with E-state index in [9.17, 15) is 18.0 Å². The van der Waals surface area contributed by atoms with E-state index < -0.39 is 24.5 Å². The molecule has 0 spiro atoms. The molecule has 1 saturated carbocycles. The molecule has 3 aliphatic rings. The summed E-state index contributed by atoms with van der Waals surface area (Å²) in [6.07, 6.45) is -0.942. The van der Waals surface area contributed by atoms with Gasteiger partial charge in [0.15, 0.2) is 5.82 Å². The number of carbonyl (C=O) groups excluding carboxylic acids is 1. The van der Waals surface area contributed by atoms with Crippen LogP contribution in [0.2, 0.25) is 0 Å². The summed E-state index contributed by atoms with van der Waals surface area (Å²) in [6.45, 7) is 2.44. The van der Waals surface area contributed by atoms with Crippen LogP contribution < -0.4 is 15.0 Å². The zero-order chi connectivity index (χ0) is 28.5. The first-order valence-corrected chi connectivity index (χ1v) is 14.1. The van der Waals surface area contributed by atoms with Crippen molar-refractivity contribution in [3.63, 3.8) is 0 Å². The number of nitrogens with one attached hydrogen (secondary N) is 1. The Bertz CT molecular complexity index is 1380. The number of alkyl halides is 3. The van der Waals surface area contributed by atoms with Gasteiger partial charge in [-0.2, -0.15) is 9.97 Å². The fraction of sp³-hybridized carbons (Fsp3) is 0.571. The molecule has 10 nitrogen and oxygen atoms in total. The summed E-state index contributed by atoms with van der Waals surface area (Å²) in [5, 5.41) is 3.08. The van der Waals surface area contributed by atoms with Crippen LogP contribution in [0.15, 0.2) is 30.3 Å². The smallest absolute Gasteiger partial charge is 0.296 e. The summed E-state index contributed by atoms with van der Waals surface area (Å²) < 4.78 is 55.1. The van der Waals surface area contributed by atoms with Gasteiger partial charge in [-0.3, -0.25) is 14.3 Å². The van der Waals surface area contributed by atoms with Crippen molar-refractivity contribution in [3.8, 4) is 11.7 Å². The van der Waals surface area contributed by atoms with Crippen molar-refractivity contribution in [1.29, 1.82) is 0 Å². The van der Waals surface area contributed by atoms with Crippen LogP contribution in [0.3, 0.4) is 0 Å². The number of imidazole rings is 1. The van der Waals surface area contributed by atoms with Crippen LogP contribution in [0.4, 0.5) is 19.1 Å². The molecule has 1 amide bonds. The second-order valence-electron chi connectivity index (χ2n) is 10.9. The average molecular weight is 574 g/mol. The third-order valence-electron chi connectivity index (χ3n) is 8.09. The van der Waals surface area contributed by atoms with Crippen molar-refractivity contribution in [3.05, 3.63) is 36.2 Å². The van der Waals surface area contributed by atoms with E-state index in [1.54, 1.807) is 42.3 Å². The monoisotopic (exact) mass is 573 g/mol. The van der Waals surface area contributed by atoms with Crippen molar-refractivity contribution < 1.29 is 27.4 Å². The highest BCUT2D eigenvalue weighted by Crippen LogP contribution is 2.31. The Hall–Kier alpha value is -3.45. The van der Waals surface area contributed by atoms with Gasteiger partial charge in [0.2, 0.25) is 17.7 Å². The van der Waals surface area contributed by atoms with E-state index >= 15 is 0 Å². The average Bonchev–Trinajstić information content (AvgIpc) is 3.54. The van der Waals surface area contributed by atoms with Crippen LogP contribution in [0.5, 0.6) is 5.88 Å². The van der Waals surface area contributed by atoms with Gasteiger partial charge in [0.25, 0.3) is 6.43 Å². The minimum absolute atomic E-state index is 0.00908. The predicted molar refractivity (Wildman–Crippen MR) is 145 cm³/mol. The molecule has 0 bridgehead atoms. The lowest BCUT2D eigenvalue weighted by molar-refractivity contribution is -0.126. The molecule has 3 fully saturated rings. The normalized spacial score (nSPS) is 25.6. The number of para-hydroxylation sites is 2. The zero-order valence-corrected chi connectivity index (χ0v) is 22.9. The first kappa shape index (κ1) is 27.7. The number of nitrogens with zero attached hydrogens (tertiary/aromatic N) is 6. The number of carbonyl (C=O) groups is 1. The van der Waals surface area contributed by atoms with Gasteiger partial charge in [0.1, 0.15) is 18.1 Å². The molecule has 2 saturated heterocycles. The fourth-order valence-corrected chi connectivity index (χ4v) is 5.95. The molecule has 0 unspecified atom stereocenters. The Labute approximate surface area is 235 Å². The van der Waals surface area contributed by atoms with Gasteiger partial charge in [0.05, 0.1) is 30.3 Å². The van der Waals surface area contributed by atoms with E-state index in [4.69, 9.17) is 9.47 Å². The van der Waals surface area contributed by atoms with Crippen LogP contribution in [0.1, 0.15) is 44.4 Å². The van der Waals surface area contributed by atoms with Crippen LogP contribution in [0.25, 0.3) is 16.9 Å². The summed E-state index contributed by atoms with van der Waals surface area (Å²) in [5.41, 5.74) is 0.964. The minimum Gasteiger partial charge on any atom is -0.474 e. The van der Waals surface area contributed by atoms with Crippen molar-refractivity contribution in [1.82, 2.24) is 29.7 Å². The van der Waals surface area contributed by atoms with E-state index in [0.29, 0.717) is 74.8 Å². The van der Waals surface area contributed by atoms with Gasteiger partial charge in [0, 0.05) is 38.2 Å². The number of likely N-dealkylation sites (N-methyl/N-ethyl adjacent to an activating group) is 1. The molecule has 3 aromatic rings. The number of halogens is 3. The Kier molecular flexibility index (Phi) is 7.98. The molecule has 1 aromatic carbocycles. The number of hydrogen-bond donors (Lipinski definition) is 1. The molecular weight excluding hydrogens is 539 g/mol. The number of benzene rings is 1. The van der Waals surface area contributed by atoms with Crippen molar-refractivity contribution >= 4 is 22.9 Å². The van der Waals surface area contributed by atoms with Crippen molar-refractivity contribution in [2.45, 2.75) is 62.9 Å². The highest BCUT2D eigenvalue weighted by atomic mass is 19.3. The number of ether oxygens (including phenoxy) is 2.